The van der Waals surface area contributed by atoms with Crippen LogP contribution in [-0.4, -0.2) is 15.2 Å². The molecule has 1 aliphatic rings. The fraction of sp³-hybridized carbons (Fsp3) is 0.875. The van der Waals surface area contributed by atoms with Gasteiger partial charge >= 0.3 is 0 Å². The molecule has 0 heterocycles. The molecule has 0 radical (unpaired) electrons. The molecule has 1 nitrogen and oxygen atoms in total. The molecule has 0 bridgehead atoms. The Morgan fingerprint density at radius 2 is 1.67 bits per heavy atom. The zero-order valence-corrected chi connectivity index (χ0v) is 12.9. The summed E-state index contributed by atoms with van der Waals surface area (Å²) in [4.78, 5) is 0. The molecule has 0 spiro atoms. The van der Waals surface area contributed by atoms with Gasteiger partial charge in [-0.1, -0.05) is 45.1 Å². The highest BCUT2D eigenvalue weighted by Crippen LogP contribution is 2.28. The van der Waals surface area contributed by atoms with Crippen LogP contribution in [0.3, 0.4) is 0 Å². The Kier molecular flexibility index (Phi) is 8.66. The summed E-state index contributed by atoms with van der Waals surface area (Å²) in [5.41, 5.74) is 0. The van der Waals surface area contributed by atoms with Crippen LogP contribution in [0.4, 0.5) is 0 Å². The normalized spacial score (nSPS) is 25.8. The quantitative estimate of drug-likeness (QED) is 0.433. The molecule has 0 saturated heterocycles. The third kappa shape index (κ3) is 6.17. The van der Waals surface area contributed by atoms with Gasteiger partial charge in [0.25, 0.3) is 0 Å². The minimum absolute atomic E-state index is 0.483. The van der Waals surface area contributed by atoms with Gasteiger partial charge in [0.2, 0.25) is 0 Å². The lowest BCUT2D eigenvalue weighted by molar-refractivity contribution is 0.423. The van der Waals surface area contributed by atoms with Gasteiger partial charge in [0.1, 0.15) is 0 Å². The molecule has 18 heavy (non-hydrogen) atoms. The highest BCUT2D eigenvalue weighted by atomic mass is 32.2. The molecule has 0 amide bonds. The lowest BCUT2D eigenvalue weighted by atomic mass is 9.89. The summed E-state index contributed by atoms with van der Waals surface area (Å²) in [5.74, 6) is 1.63. The van der Waals surface area contributed by atoms with E-state index in [9.17, 15) is 4.21 Å². The number of allylic oxidation sites excluding steroid dienone is 1. The molecular formula is C16H30OS. The number of hydrogen-bond donors (Lipinski definition) is 0. The summed E-state index contributed by atoms with van der Waals surface area (Å²) >= 11 is 0. The molecule has 1 saturated carbocycles. The molecule has 1 fully saturated rings. The van der Waals surface area contributed by atoms with E-state index in [-0.39, 0.29) is 0 Å². The zero-order chi connectivity index (χ0) is 13.2. The largest absolute Gasteiger partial charge is 0.259 e. The third-order valence-corrected chi connectivity index (χ3v) is 6.03. The second-order valence-corrected chi connectivity index (χ2v) is 7.46. The molecule has 2 heteroatoms. The Morgan fingerprint density at radius 3 is 2.28 bits per heavy atom. The van der Waals surface area contributed by atoms with Gasteiger partial charge in [-0.2, -0.15) is 0 Å². The first-order valence-electron chi connectivity index (χ1n) is 7.77. The first kappa shape index (κ1) is 15.9. The van der Waals surface area contributed by atoms with Gasteiger partial charge in [-0.3, -0.25) is 4.21 Å². The molecule has 0 aliphatic heterocycles. The van der Waals surface area contributed by atoms with Crippen LogP contribution in [0.1, 0.15) is 71.1 Å². The first-order valence-corrected chi connectivity index (χ1v) is 9.15. The van der Waals surface area contributed by atoms with E-state index in [4.69, 9.17) is 0 Å². The average molecular weight is 270 g/mol. The van der Waals surface area contributed by atoms with Crippen LogP contribution in [-0.2, 0) is 10.8 Å². The average Bonchev–Trinajstić information content (AvgIpc) is 2.42. The van der Waals surface area contributed by atoms with Gasteiger partial charge in [0, 0.05) is 21.8 Å². The van der Waals surface area contributed by atoms with Gasteiger partial charge in [-0.25, -0.2) is 0 Å². The molecule has 0 aromatic rings. The standard InChI is InChI=1S/C16H30OS/c1-3-5-6-7-8-9-14-18(17)16-12-10-15(4-2)11-13-16/h4,15-16H,2-3,5-14H2,1H3. The fourth-order valence-electron chi connectivity index (χ4n) is 2.78. The van der Waals surface area contributed by atoms with Crippen molar-refractivity contribution in [2.75, 3.05) is 5.75 Å². The van der Waals surface area contributed by atoms with Gasteiger partial charge < -0.3 is 0 Å². The maximum atomic E-state index is 12.2. The maximum absolute atomic E-state index is 12.2. The smallest absolute Gasteiger partial charge is 0.0348 e. The monoisotopic (exact) mass is 270 g/mol. The van der Waals surface area contributed by atoms with Crippen molar-refractivity contribution in [1.29, 1.82) is 0 Å². The van der Waals surface area contributed by atoms with E-state index < -0.39 is 10.8 Å². The number of rotatable bonds is 9. The van der Waals surface area contributed by atoms with E-state index in [1.54, 1.807) is 0 Å². The SMILES string of the molecule is C=CC1CCC(S(=O)CCCCCCCC)CC1. The van der Waals surface area contributed by atoms with Gasteiger partial charge in [0.15, 0.2) is 0 Å². The van der Waals surface area contributed by atoms with E-state index >= 15 is 0 Å². The lowest BCUT2D eigenvalue weighted by Gasteiger charge is -2.25. The highest BCUT2D eigenvalue weighted by molar-refractivity contribution is 7.85. The van der Waals surface area contributed by atoms with Gasteiger partial charge in [-0.05, 0) is 38.0 Å². The second-order valence-electron chi connectivity index (χ2n) is 5.63. The van der Waals surface area contributed by atoms with Crippen LogP contribution >= 0.6 is 0 Å². The van der Waals surface area contributed by atoms with E-state index in [0.717, 1.165) is 25.0 Å². The summed E-state index contributed by atoms with van der Waals surface area (Å²) in [6, 6.07) is 0. The van der Waals surface area contributed by atoms with Crippen molar-refractivity contribution in [1.82, 2.24) is 0 Å². The predicted molar refractivity (Wildman–Crippen MR) is 82.3 cm³/mol. The van der Waals surface area contributed by atoms with E-state index in [1.807, 2.05) is 0 Å². The number of hydrogen-bond acceptors (Lipinski definition) is 1. The molecule has 1 aliphatic carbocycles. The van der Waals surface area contributed by atoms with E-state index in [0.29, 0.717) is 11.2 Å². The minimum Gasteiger partial charge on any atom is -0.259 e. The summed E-state index contributed by atoms with van der Waals surface area (Å²) < 4.78 is 12.2. The molecular weight excluding hydrogens is 240 g/mol. The molecule has 106 valence electrons. The van der Waals surface area contributed by atoms with Crippen molar-refractivity contribution < 1.29 is 4.21 Å². The minimum atomic E-state index is -0.565. The van der Waals surface area contributed by atoms with Crippen molar-refractivity contribution in [3.63, 3.8) is 0 Å². The first-order chi connectivity index (χ1) is 8.77. The summed E-state index contributed by atoms with van der Waals surface area (Å²) in [6.45, 7) is 6.11. The molecule has 1 rings (SSSR count). The number of unbranched alkanes of at least 4 members (excludes halogenated alkanes) is 5. The van der Waals surface area contributed by atoms with E-state index in [2.05, 4.69) is 19.6 Å². The van der Waals surface area contributed by atoms with Crippen molar-refractivity contribution in [3.05, 3.63) is 12.7 Å². The molecule has 0 aromatic carbocycles. The molecule has 1 unspecified atom stereocenters. The molecule has 0 N–H and O–H groups in total. The van der Waals surface area contributed by atoms with Crippen LogP contribution < -0.4 is 0 Å². The second kappa shape index (κ2) is 9.77. The highest BCUT2D eigenvalue weighted by Gasteiger charge is 2.23. The molecule has 0 aromatic heterocycles. The van der Waals surface area contributed by atoms with Crippen LogP contribution in [0, 0.1) is 5.92 Å². The van der Waals surface area contributed by atoms with Crippen molar-refractivity contribution in [2.24, 2.45) is 5.92 Å². The Labute approximate surface area is 116 Å². The summed E-state index contributed by atoms with van der Waals surface area (Å²) in [6.07, 6.45) is 14.6. The summed E-state index contributed by atoms with van der Waals surface area (Å²) in [7, 11) is -0.565. The third-order valence-electron chi connectivity index (χ3n) is 4.12. The van der Waals surface area contributed by atoms with E-state index in [1.165, 1.54) is 44.9 Å². The predicted octanol–water partition coefficient (Wildman–Crippen LogP) is 4.84. The van der Waals surface area contributed by atoms with Crippen molar-refractivity contribution in [3.8, 4) is 0 Å². The maximum Gasteiger partial charge on any atom is 0.0348 e. The van der Waals surface area contributed by atoms with Crippen LogP contribution in [0.25, 0.3) is 0 Å². The fourth-order valence-corrected chi connectivity index (χ4v) is 4.40. The van der Waals surface area contributed by atoms with Crippen LogP contribution in [0.5, 0.6) is 0 Å². The zero-order valence-electron chi connectivity index (χ0n) is 12.0. The Bertz CT molecular complexity index is 241. The van der Waals surface area contributed by atoms with Gasteiger partial charge in [0.05, 0.1) is 0 Å². The van der Waals surface area contributed by atoms with Crippen LogP contribution in [0.15, 0.2) is 12.7 Å². The topological polar surface area (TPSA) is 17.1 Å². The lowest BCUT2D eigenvalue weighted by Crippen LogP contribution is -2.24. The van der Waals surface area contributed by atoms with Crippen molar-refractivity contribution in [2.45, 2.75) is 76.4 Å². The Hall–Kier alpha value is -0.110. The Balaban J connectivity index is 2.05. The molecule has 1 atom stereocenters. The van der Waals surface area contributed by atoms with Crippen LogP contribution in [0.2, 0.25) is 0 Å². The Morgan fingerprint density at radius 1 is 1.06 bits per heavy atom. The van der Waals surface area contributed by atoms with Gasteiger partial charge in [-0.15, -0.1) is 6.58 Å². The van der Waals surface area contributed by atoms with Crippen molar-refractivity contribution >= 4 is 10.8 Å². The summed E-state index contributed by atoms with van der Waals surface area (Å²) in [5, 5.41) is 0.483.